The molecule has 0 saturated carbocycles. The predicted octanol–water partition coefficient (Wildman–Crippen LogP) is 4.37. The van der Waals surface area contributed by atoms with Crippen LogP contribution in [0.15, 0.2) is 60.7 Å². The Morgan fingerprint density at radius 2 is 1.71 bits per heavy atom. The lowest BCUT2D eigenvalue weighted by Crippen LogP contribution is -2.22. The summed E-state index contributed by atoms with van der Waals surface area (Å²) < 4.78 is 0. The van der Waals surface area contributed by atoms with Crippen molar-refractivity contribution in [3.05, 3.63) is 76.8 Å². The Labute approximate surface area is 146 Å². The van der Waals surface area contributed by atoms with Crippen molar-refractivity contribution >= 4 is 17.2 Å². The van der Waals surface area contributed by atoms with Crippen molar-refractivity contribution < 1.29 is 4.79 Å². The zero-order chi connectivity index (χ0) is 16.8. The summed E-state index contributed by atoms with van der Waals surface area (Å²) in [5.41, 5.74) is 3.29. The normalized spacial score (nSPS) is 10.5. The van der Waals surface area contributed by atoms with Gasteiger partial charge in [0.2, 0.25) is 5.91 Å². The van der Waals surface area contributed by atoms with Crippen LogP contribution in [0.4, 0.5) is 0 Å². The first-order valence-electron chi connectivity index (χ1n) is 8.05. The molecular weight excluding hydrogens is 316 g/mol. The van der Waals surface area contributed by atoms with Gasteiger partial charge in [-0.05, 0) is 18.9 Å². The predicted molar refractivity (Wildman–Crippen MR) is 98.9 cm³/mol. The van der Waals surface area contributed by atoms with E-state index in [0.717, 1.165) is 27.6 Å². The molecule has 4 heteroatoms. The van der Waals surface area contributed by atoms with E-state index in [2.05, 4.69) is 22.4 Å². The molecule has 3 nitrogen and oxygen atoms in total. The maximum absolute atomic E-state index is 12.1. The minimum Gasteiger partial charge on any atom is -0.351 e. The molecule has 0 atom stereocenters. The Bertz CT molecular complexity index is 797. The number of benzene rings is 2. The first kappa shape index (κ1) is 16.4. The number of hydrogen-bond donors (Lipinski definition) is 1. The van der Waals surface area contributed by atoms with Crippen molar-refractivity contribution in [2.75, 3.05) is 0 Å². The van der Waals surface area contributed by atoms with Crippen molar-refractivity contribution in [1.29, 1.82) is 0 Å². The maximum Gasteiger partial charge on any atom is 0.220 e. The molecule has 0 saturated heterocycles. The second-order valence-electron chi connectivity index (χ2n) is 5.66. The minimum atomic E-state index is 0.0768. The van der Waals surface area contributed by atoms with Crippen LogP contribution in [-0.4, -0.2) is 10.9 Å². The van der Waals surface area contributed by atoms with E-state index in [1.807, 2.05) is 55.5 Å². The zero-order valence-corrected chi connectivity index (χ0v) is 14.5. The third kappa shape index (κ3) is 4.30. The number of nitrogens with zero attached hydrogens (tertiary/aromatic N) is 1. The van der Waals surface area contributed by atoms with Crippen LogP contribution >= 0.6 is 11.3 Å². The molecule has 2 aromatic carbocycles. The van der Waals surface area contributed by atoms with Crippen LogP contribution in [0, 0.1) is 6.92 Å². The molecule has 3 rings (SSSR count). The van der Waals surface area contributed by atoms with Crippen LogP contribution in [0.3, 0.4) is 0 Å². The van der Waals surface area contributed by atoms with Crippen LogP contribution < -0.4 is 5.32 Å². The van der Waals surface area contributed by atoms with Gasteiger partial charge in [0.05, 0.1) is 12.2 Å². The van der Waals surface area contributed by atoms with Gasteiger partial charge in [-0.1, -0.05) is 60.7 Å². The van der Waals surface area contributed by atoms with E-state index in [1.54, 1.807) is 11.3 Å². The topological polar surface area (TPSA) is 42.0 Å². The van der Waals surface area contributed by atoms with Gasteiger partial charge < -0.3 is 5.32 Å². The highest BCUT2D eigenvalue weighted by molar-refractivity contribution is 7.15. The molecule has 0 bridgehead atoms. The van der Waals surface area contributed by atoms with Crippen LogP contribution in [0.1, 0.15) is 22.6 Å². The van der Waals surface area contributed by atoms with Crippen molar-refractivity contribution in [2.45, 2.75) is 26.3 Å². The molecule has 0 fully saturated rings. The average Bonchev–Trinajstić information content (AvgIpc) is 3.01. The number of rotatable bonds is 6. The van der Waals surface area contributed by atoms with Gasteiger partial charge in [-0.2, -0.15) is 0 Å². The third-order valence-corrected chi connectivity index (χ3v) is 5.05. The molecule has 0 unspecified atom stereocenters. The summed E-state index contributed by atoms with van der Waals surface area (Å²) in [6, 6.07) is 20.2. The summed E-state index contributed by atoms with van der Waals surface area (Å²) in [6.07, 6.45) is 1.27. The molecule has 3 aromatic rings. The molecule has 0 aliphatic heterocycles. The first-order valence-corrected chi connectivity index (χ1v) is 8.86. The van der Waals surface area contributed by atoms with E-state index >= 15 is 0 Å². The molecule has 1 amide bonds. The monoisotopic (exact) mass is 336 g/mol. The molecular formula is C20H20N2OS. The first-order chi connectivity index (χ1) is 11.7. The lowest BCUT2D eigenvalue weighted by Gasteiger charge is -2.04. The SMILES string of the molecule is Cc1nc(-c2ccccc2)sc1CNC(=O)CCc1ccccc1. The van der Waals surface area contributed by atoms with Gasteiger partial charge in [-0.3, -0.25) is 4.79 Å². The van der Waals surface area contributed by atoms with Crippen LogP contribution in [0.5, 0.6) is 0 Å². The second kappa shape index (κ2) is 7.88. The van der Waals surface area contributed by atoms with Gasteiger partial charge in [0.25, 0.3) is 0 Å². The fourth-order valence-electron chi connectivity index (χ4n) is 2.47. The smallest absolute Gasteiger partial charge is 0.220 e. The Kier molecular flexibility index (Phi) is 5.39. The van der Waals surface area contributed by atoms with Gasteiger partial charge >= 0.3 is 0 Å². The molecule has 0 spiro atoms. The Balaban J connectivity index is 1.55. The molecule has 24 heavy (non-hydrogen) atoms. The molecule has 122 valence electrons. The number of carbonyl (C=O) groups excluding carboxylic acids is 1. The summed E-state index contributed by atoms with van der Waals surface area (Å²) in [7, 11) is 0. The fraction of sp³-hybridized carbons (Fsp3) is 0.200. The molecule has 0 aliphatic carbocycles. The Hall–Kier alpha value is -2.46. The number of hydrogen-bond acceptors (Lipinski definition) is 3. The van der Waals surface area contributed by atoms with E-state index in [4.69, 9.17) is 0 Å². The number of nitrogens with one attached hydrogen (secondary N) is 1. The van der Waals surface area contributed by atoms with Crippen molar-refractivity contribution in [3.63, 3.8) is 0 Å². The lowest BCUT2D eigenvalue weighted by molar-refractivity contribution is -0.121. The Morgan fingerprint density at radius 1 is 1.04 bits per heavy atom. The van der Waals surface area contributed by atoms with Gasteiger partial charge in [0, 0.05) is 16.9 Å². The molecule has 0 aliphatic rings. The summed E-state index contributed by atoms with van der Waals surface area (Å²) in [5.74, 6) is 0.0768. The van der Waals surface area contributed by atoms with E-state index in [1.165, 1.54) is 5.56 Å². The number of carbonyl (C=O) groups is 1. The number of amides is 1. The van der Waals surface area contributed by atoms with Crippen molar-refractivity contribution in [1.82, 2.24) is 10.3 Å². The average molecular weight is 336 g/mol. The van der Waals surface area contributed by atoms with Crippen LogP contribution in [-0.2, 0) is 17.8 Å². The van der Waals surface area contributed by atoms with Gasteiger partial charge in [-0.25, -0.2) is 4.98 Å². The maximum atomic E-state index is 12.1. The molecule has 1 N–H and O–H groups in total. The van der Waals surface area contributed by atoms with Crippen LogP contribution in [0.25, 0.3) is 10.6 Å². The summed E-state index contributed by atoms with van der Waals surface area (Å²) in [6.45, 7) is 2.54. The van der Waals surface area contributed by atoms with Gasteiger partial charge in [0.15, 0.2) is 0 Å². The van der Waals surface area contributed by atoms with Gasteiger partial charge in [-0.15, -0.1) is 11.3 Å². The number of aryl methyl sites for hydroxylation is 2. The number of thiazole rings is 1. The number of aromatic nitrogens is 1. The zero-order valence-electron chi connectivity index (χ0n) is 13.7. The van der Waals surface area contributed by atoms with Crippen molar-refractivity contribution in [2.24, 2.45) is 0 Å². The molecule has 0 radical (unpaired) electrons. The lowest BCUT2D eigenvalue weighted by atomic mass is 10.1. The van der Waals surface area contributed by atoms with Gasteiger partial charge in [0.1, 0.15) is 5.01 Å². The van der Waals surface area contributed by atoms with E-state index in [-0.39, 0.29) is 5.91 Å². The highest BCUT2D eigenvalue weighted by Crippen LogP contribution is 2.27. The molecule has 1 heterocycles. The van der Waals surface area contributed by atoms with E-state index in [0.29, 0.717) is 13.0 Å². The molecule has 1 aromatic heterocycles. The largest absolute Gasteiger partial charge is 0.351 e. The fourth-order valence-corrected chi connectivity index (χ4v) is 3.47. The van der Waals surface area contributed by atoms with Crippen LogP contribution in [0.2, 0.25) is 0 Å². The summed E-state index contributed by atoms with van der Waals surface area (Å²) in [5, 5.41) is 4.01. The quantitative estimate of drug-likeness (QED) is 0.726. The van der Waals surface area contributed by atoms with E-state index in [9.17, 15) is 4.79 Å². The summed E-state index contributed by atoms with van der Waals surface area (Å²) in [4.78, 5) is 17.8. The summed E-state index contributed by atoms with van der Waals surface area (Å²) >= 11 is 1.64. The second-order valence-corrected chi connectivity index (χ2v) is 6.74. The standard InChI is InChI=1S/C20H20N2OS/c1-15-18(24-20(22-15)17-10-6-3-7-11-17)14-21-19(23)13-12-16-8-4-2-5-9-16/h2-11H,12-14H2,1H3,(H,21,23). The highest BCUT2D eigenvalue weighted by Gasteiger charge is 2.10. The third-order valence-electron chi connectivity index (χ3n) is 3.84. The highest BCUT2D eigenvalue weighted by atomic mass is 32.1. The Morgan fingerprint density at radius 3 is 2.42 bits per heavy atom. The van der Waals surface area contributed by atoms with E-state index < -0.39 is 0 Å². The van der Waals surface area contributed by atoms with Crippen molar-refractivity contribution in [3.8, 4) is 10.6 Å². The minimum absolute atomic E-state index is 0.0768.